The number of hydrogen-bond donors (Lipinski definition) is 3. The van der Waals surface area contributed by atoms with Crippen molar-refractivity contribution in [3.05, 3.63) is 109 Å². The molecule has 0 aliphatic heterocycles. The lowest BCUT2D eigenvalue weighted by molar-refractivity contribution is -0.151. The van der Waals surface area contributed by atoms with Crippen LogP contribution in [0.1, 0.15) is 188 Å². The molecule has 0 aliphatic carbocycles. The third kappa shape index (κ3) is 41.1. The van der Waals surface area contributed by atoms with Crippen LogP contribution in [0.5, 0.6) is 0 Å². The van der Waals surface area contributed by atoms with E-state index in [2.05, 4.69) is 80.8 Å². The molecule has 0 spiro atoms. The fraction of sp³-hybridized carbons (Fsp3) is 0.623. The van der Waals surface area contributed by atoms with E-state index in [-0.39, 0.29) is 24.9 Å². The molecule has 0 bridgehead atoms. The zero-order valence-corrected chi connectivity index (χ0v) is 37.8. The van der Waals surface area contributed by atoms with Gasteiger partial charge in [-0.15, -0.1) is 0 Å². The van der Waals surface area contributed by atoms with Gasteiger partial charge in [-0.2, -0.15) is 0 Å². The van der Waals surface area contributed by atoms with Crippen LogP contribution in [0.4, 0.5) is 0 Å². The van der Waals surface area contributed by atoms with Gasteiger partial charge in [0.1, 0.15) is 6.10 Å². The van der Waals surface area contributed by atoms with Crippen LogP contribution < -0.4 is 5.32 Å². The second-order valence-electron chi connectivity index (χ2n) is 15.6. The van der Waals surface area contributed by atoms with Crippen LogP contribution in [0.2, 0.25) is 0 Å². The highest BCUT2D eigenvalue weighted by molar-refractivity contribution is 5.77. The molecule has 0 rings (SSSR count). The lowest BCUT2D eigenvalue weighted by atomic mass is 10.0. The molecule has 3 unspecified atom stereocenters. The van der Waals surface area contributed by atoms with E-state index in [1.807, 2.05) is 54.7 Å². The van der Waals surface area contributed by atoms with Gasteiger partial charge in [0.25, 0.3) is 0 Å². The van der Waals surface area contributed by atoms with Crippen LogP contribution in [0, 0.1) is 0 Å². The Balaban J connectivity index is 4.75. The molecular formula is C53H87NO5. The number of carbonyl (C=O) groups excluding carboxylic acids is 2. The molecule has 3 atom stereocenters. The predicted molar refractivity (Wildman–Crippen MR) is 254 cm³/mol. The lowest BCUT2D eigenvalue weighted by Gasteiger charge is -2.24. The molecule has 1 amide bonds. The van der Waals surface area contributed by atoms with E-state index in [1.165, 1.54) is 44.9 Å². The number of nitrogens with one attached hydrogen (secondary N) is 1. The van der Waals surface area contributed by atoms with Crippen molar-refractivity contribution in [3.63, 3.8) is 0 Å². The summed E-state index contributed by atoms with van der Waals surface area (Å²) in [6, 6.07) is -0.724. The Morgan fingerprint density at radius 3 is 1.39 bits per heavy atom. The number of aliphatic hydroxyl groups excluding tert-OH is 2. The van der Waals surface area contributed by atoms with E-state index >= 15 is 0 Å². The maximum atomic E-state index is 13.1. The molecule has 0 heterocycles. The van der Waals surface area contributed by atoms with E-state index in [9.17, 15) is 19.8 Å². The maximum Gasteiger partial charge on any atom is 0.306 e. The van der Waals surface area contributed by atoms with Crippen LogP contribution in [0.3, 0.4) is 0 Å². The van der Waals surface area contributed by atoms with Crippen LogP contribution in [0.15, 0.2) is 109 Å². The summed E-state index contributed by atoms with van der Waals surface area (Å²) < 4.78 is 5.89. The highest BCUT2D eigenvalue weighted by Gasteiger charge is 2.24. The van der Waals surface area contributed by atoms with Gasteiger partial charge in [-0.25, -0.2) is 0 Å². The first-order valence-corrected chi connectivity index (χ1v) is 23.7. The van der Waals surface area contributed by atoms with Gasteiger partial charge in [-0.3, -0.25) is 9.59 Å². The standard InChI is InChI=1S/C53H87NO5/c1-4-7-10-13-16-19-22-24-25-26-27-29-31-34-37-40-43-46-53(58)59-49(44-41-38-35-32-30-28-23-20-17-14-11-8-5-2)47-52(57)54-50(48-55)51(56)45-42-39-36-33-21-18-15-12-9-6-3/h7-8,10-11,13-14,16-17,19-20,22-27,29,31,49-51,55-56H,4-6,9,12,15,18,21,28,30,32-48H2,1-3H3,(H,54,57)/b10-7-,11-8+,16-13+,17-14+,22-19+,23-20+,25-24-,27-26+,31-29+. The smallest absolute Gasteiger partial charge is 0.306 e. The van der Waals surface area contributed by atoms with Gasteiger partial charge in [-0.05, 0) is 64.2 Å². The molecule has 6 nitrogen and oxygen atoms in total. The van der Waals surface area contributed by atoms with Crippen LogP contribution in [0.25, 0.3) is 0 Å². The number of ether oxygens (including phenoxy) is 1. The van der Waals surface area contributed by atoms with E-state index in [4.69, 9.17) is 4.74 Å². The van der Waals surface area contributed by atoms with Gasteiger partial charge < -0.3 is 20.3 Å². The molecule has 0 fully saturated rings. The molecule has 0 aliphatic rings. The molecule has 0 aromatic carbocycles. The second kappa shape index (κ2) is 45.6. The highest BCUT2D eigenvalue weighted by atomic mass is 16.5. The Morgan fingerprint density at radius 1 is 0.508 bits per heavy atom. The van der Waals surface area contributed by atoms with E-state index in [0.717, 1.165) is 96.3 Å². The number of carbonyl (C=O) groups is 2. The average molecular weight is 818 g/mol. The largest absolute Gasteiger partial charge is 0.462 e. The Bertz CT molecular complexity index is 1240. The van der Waals surface area contributed by atoms with Gasteiger partial charge in [0.2, 0.25) is 5.91 Å². The van der Waals surface area contributed by atoms with Crippen molar-refractivity contribution in [3.8, 4) is 0 Å². The number of amides is 1. The number of allylic oxidation sites excluding steroid dienone is 18. The predicted octanol–water partition coefficient (Wildman–Crippen LogP) is 13.9. The third-order valence-electron chi connectivity index (χ3n) is 10.1. The summed E-state index contributed by atoms with van der Waals surface area (Å²) in [6.45, 7) is 6.16. The first kappa shape index (κ1) is 55.5. The molecule has 0 aromatic rings. The fourth-order valence-electron chi connectivity index (χ4n) is 6.52. The van der Waals surface area contributed by atoms with Crippen LogP contribution >= 0.6 is 0 Å². The first-order chi connectivity index (χ1) is 29.0. The van der Waals surface area contributed by atoms with Gasteiger partial charge in [0.05, 0.1) is 25.2 Å². The van der Waals surface area contributed by atoms with E-state index in [1.54, 1.807) is 0 Å². The first-order valence-electron chi connectivity index (χ1n) is 23.7. The molecule has 6 heteroatoms. The summed E-state index contributed by atoms with van der Waals surface area (Å²) >= 11 is 0. The molecule has 3 N–H and O–H groups in total. The van der Waals surface area contributed by atoms with Crippen molar-refractivity contribution >= 4 is 11.9 Å². The Kier molecular flexibility index (Phi) is 42.9. The zero-order valence-electron chi connectivity index (χ0n) is 37.8. The molecule has 0 saturated carbocycles. The van der Waals surface area contributed by atoms with Crippen molar-refractivity contribution in [1.29, 1.82) is 0 Å². The van der Waals surface area contributed by atoms with Crippen LogP contribution in [-0.2, 0) is 14.3 Å². The maximum absolute atomic E-state index is 13.1. The molecule has 0 aromatic heterocycles. The number of aliphatic hydroxyl groups is 2. The summed E-state index contributed by atoms with van der Waals surface area (Å²) in [5, 5.41) is 23.6. The summed E-state index contributed by atoms with van der Waals surface area (Å²) in [7, 11) is 0. The van der Waals surface area contributed by atoms with Crippen molar-refractivity contribution in [2.24, 2.45) is 0 Å². The van der Waals surface area contributed by atoms with Gasteiger partial charge >= 0.3 is 5.97 Å². The van der Waals surface area contributed by atoms with Gasteiger partial charge in [0, 0.05) is 6.42 Å². The van der Waals surface area contributed by atoms with Crippen molar-refractivity contribution in [2.75, 3.05) is 6.61 Å². The zero-order chi connectivity index (χ0) is 43.1. The topological polar surface area (TPSA) is 95.9 Å². The molecular weight excluding hydrogens is 731 g/mol. The number of esters is 1. The Morgan fingerprint density at radius 2 is 0.915 bits per heavy atom. The van der Waals surface area contributed by atoms with Gasteiger partial charge in [-0.1, -0.05) is 220 Å². The number of hydrogen-bond acceptors (Lipinski definition) is 5. The monoisotopic (exact) mass is 818 g/mol. The Labute approximate surface area is 362 Å². The van der Waals surface area contributed by atoms with Crippen molar-refractivity contribution in [1.82, 2.24) is 5.32 Å². The minimum atomic E-state index is -0.807. The quantitative estimate of drug-likeness (QED) is 0.0325. The molecule has 0 saturated heterocycles. The lowest BCUT2D eigenvalue weighted by Crippen LogP contribution is -2.46. The van der Waals surface area contributed by atoms with E-state index < -0.39 is 18.2 Å². The number of rotatable bonds is 40. The van der Waals surface area contributed by atoms with E-state index in [0.29, 0.717) is 19.3 Å². The number of unbranched alkanes of at least 4 members (excludes halogenated alkanes) is 17. The Hall–Kier alpha value is -3.48. The average Bonchev–Trinajstić information content (AvgIpc) is 3.23. The SMILES string of the molecule is CC\C=C/C=C/C=C/C=C\C=C\C=C\CCCCCC(=O)OC(CCCCCCC/C=C/C=C/C=C/CC)CC(=O)NC(CO)C(O)CCCCCCCCCCCC. The van der Waals surface area contributed by atoms with Gasteiger partial charge in [0.15, 0.2) is 0 Å². The minimum Gasteiger partial charge on any atom is -0.462 e. The molecule has 0 radical (unpaired) electrons. The third-order valence-corrected chi connectivity index (χ3v) is 10.1. The minimum absolute atomic E-state index is 0.0381. The van der Waals surface area contributed by atoms with Crippen LogP contribution in [-0.4, -0.2) is 46.9 Å². The summed E-state index contributed by atoms with van der Waals surface area (Å²) in [4.78, 5) is 26.0. The molecule has 59 heavy (non-hydrogen) atoms. The van der Waals surface area contributed by atoms with Crippen molar-refractivity contribution < 1.29 is 24.5 Å². The highest BCUT2D eigenvalue weighted by Crippen LogP contribution is 2.17. The van der Waals surface area contributed by atoms with Crippen molar-refractivity contribution in [2.45, 2.75) is 206 Å². The molecule has 334 valence electrons. The summed E-state index contributed by atoms with van der Waals surface area (Å²) in [5.74, 6) is -0.559. The summed E-state index contributed by atoms with van der Waals surface area (Å²) in [5.41, 5.74) is 0. The fourth-order valence-corrected chi connectivity index (χ4v) is 6.52. The normalized spacial score (nSPS) is 14.3. The summed E-state index contributed by atoms with van der Waals surface area (Å²) in [6.07, 6.45) is 61.4. The second-order valence-corrected chi connectivity index (χ2v) is 15.6.